The van der Waals surface area contributed by atoms with Crippen molar-refractivity contribution in [1.29, 1.82) is 0 Å². The van der Waals surface area contributed by atoms with Crippen LogP contribution in [0.15, 0.2) is 18.2 Å². The Morgan fingerprint density at radius 2 is 2.14 bits per heavy atom. The number of esters is 1. The Labute approximate surface area is 79.5 Å². The molecule has 14 heavy (non-hydrogen) atoms. The van der Waals surface area contributed by atoms with E-state index in [1.807, 2.05) is 0 Å². The van der Waals surface area contributed by atoms with Crippen LogP contribution in [0.5, 0.6) is 0 Å². The molecule has 0 saturated carbocycles. The molecule has 0 aliphatic carbocycles. The molecule has 0 aliphatic rings. The highest BCUT2D eigenvalue weighted by Crippen LogP contribution is 2.15. The standard InChI is InChI=1S/C9H9F2NO2/c1-5-2-3-7(12)6(4-5)8(13)14-9(10)11/h2-4,9H,12H2,1H3. The van der Waals surface area contributed by atoms with E-state index in [0.29, 0.717) is 0 Å². The summed E-state index contributed by atoms with van der Waals surface area (Å²) in [4.78, 5) is 11.0. The van der Waals surface area contributed by atoms with E-state index in [9.17, 15) is 13.6 Å². The maximum absolute atomic E-state index is 11.7. The van der Waals surface area contributed by atoms with E-state index in [2.05, 4.69) is 4.74 Å². The third kappa shape index (κ3) is 2.42. The summed E-state index contributed by atoms with van der Waals surface area (Å²) in [6.07, 6.45) is 0. The number of benzene rings is 1. The molecule has 76 valence electrons. The van der Waals surface area contributed by atoms with Crippen LogP contribution in [0.25, 0.3) is 0 Å². The smallest absolute Gasteiger partial charge is 0.389 e. The van der Waals surface area contributed by atoms with Gasteiger partial charge in [-0.3, -0.25) is 0 Å². The van der Waals surface area contributed by atoms with Crippen molar-refractivity contribution in [1.82, 2.24) is 0 Å². The number of alkyl halides is 2. The molecule has 1 aromatic carbocycles. The third-order valence-electron chi connectivity index (χ3n) is 1.62. The number of hydrogen-bond donors (Lipinski definition) is 1. The summed E-state index contributed by atoms with van der Waals surface area (Å²) in [7, 11) is 0. The van der Waals surface area contributed by atoms with Crippen LogP contribution in [0.1, 0.15) is 15.9 Å². The second-order valence-electron chi connectivity index (χ2n) is 2.76. The van der Waals surface area contributed by atoms with E-state index in [1.165, 1.54) is 12.1 Å². The van der Waals surface area contributed by atoms with E-state index >= 15 is 0 Å². The van der Waals surface area contributed by atoms with Gasteiger partial charge >= 0.3 is 12.6 Å². The van der Waals surface area contributed by atoms with Crippen LogP contribution in [-0.4, -0.2) is 12.6 Å². The fraction of sp³-hybridized carbons (Fsp3) is 0.222. The van der Waals surface area contributed by atoms with Crippen LogP contribution in [0.4, 0.5) is 14.5 Å². The van der Waals surface area contributed by atoms with Gasteiger partial charge in [-0.2, -0.15) is 8.78 Å². The molecular weight excluding hydrogens is 192 g/mol. The van der Waals surface area contributed by atoms with Crippen LogP contribution in [0, 0.1) is 6.92 Å². The maximum Gasteiger partial charge on any atom is 0.389 e. The Balaban J connectivity index is 2.94. The number of carbonyl (C=O) groups is 1. The van der Waals surface area contributed by atoms with E-state index in [-0.39, 0.29) is 11.3 Å². The fourth-order valence-electron chi connectivity index (χ4n) is 0.991. The lowest BCUT2D eigenvalue weighted by Gasteiger charge is -2.06. The molecule has 0 bridgehead atoms. The summed E-state index contributed by atoms with van der Waals surface area (Å²) >= 11 is 0. The molecule has 2 N–H and O–H groups in total. The van der Waals surface area contributed by atoms with Crippen LogP contribution in [0.2, 0.25) is 0 Å². The summed E-state index contributed by atoms with van der Waals surface area (Å²) in [5.41, 5.74) is 6.26. The average Bonchev–Trinajstić information content (AvgIpc) is 2.08. The fourth-order valence-corrected chi connectivity index (χ4v) is 0.991. The number of nitrogens with two attached hydrogens (primary N) is 1. The number of aryl methyl sites for hydroxylation is 1. The number of nitrogen functional groups attached to an aromatic ring is 1. The first kappa shape index (κ1) is 10.4. The first-order valence-electron chi connectivity index (χ1n) is 3.86. The quantitative estimate of drug-likeness (QED) is 0.587. The number of halogens is 2. The molecule has 1 aromatic rings. The summed E-state index contributed by atoms with van der Waals surface area (Å²) in [5, 5.41) is 0. The largest absolute Gasteiger partial charge is 0.399 e. The van der Waals surface area contributed by atoms with E-state index in [4.69, 9.17) is 5.73 Å². The van der Waals surface area contributed by atoms with E-state index in [0.717, 1.165) is 5.56 Å². The Kier molecular flexibility index (Phi) is 3.01. The van der Waals surface area contributed by atoms with Crippen LogP contribution in [-0.2, 0) is 4.74 Å². The van der Waals surface area contributed by atoms with Crippen LogP contribution >= 0.6 is 0 Å². The van der Waals surface area contributed by atoms with Gasteiger partial charge in [-0.15, -0.1) is 0 Å². The summed E-state index contributed by atoms with van der Waals surface area (Å²) in [6.45, 7) is -1.40. The highest BCUT2D eigenvalue weighted by Gasteiger charge is 2.15. The number of rotatable bonds is 2. The number of carbonyl (C=O) groups excluding carboxylic acids is 1. The minimum absolute atomic E-state index is 0.0368. The Bertz CT molecular complexity index is 353. The van der Waals surface area contributed by atoms with Crippen molar-refractivity contribution in [3.63, 3.8) is 0 Å². The molecule has 1 rings (SSSR count). The minimum Gasteiger partial charge on any atom is -0.399 e. The van der Waals surface area contributed by atoms with Gasteiger partial charge in [0.1, 0.15) is 0 Å². The van der Waals surface area contributed by atoms with Crippen molar-refractivity contribution in [2.45, 2.75) is 13.5 Å². The molecule has 0 fully saturated rings. The zero-order chi connectivity index (χ0) is 10.7. The van der Waals surface area contributed by atoms with Gasteiger partial charge in [0, 0.05) is 5.69 Å². The predicted molar refractivity (Wildman–Crippen MR) is 47.0 cm³/mol. The lowest BCUT2D eigenvalue weighted by molar-refractivity contribution is -0.0905. The van der Waals surface area contributed by atoms with Gasteiger partial charge in [-0.1, -0.05) is 11.6 Å². The van der Waals surface area contributed by atoms with Crippen LogP contribution < -0.4 is 5.73 Å². The highest BCUT2D eigenvalue weighted by atomic mass is 19.3. The second kappa shape index (κ2) is 4.04. The Morgan fingerprint density at radius 1 is 1.50 bits per heavy atom. The molecule has 0 aromatic heterocycles. The van der Waals surface area contributed by atoms with Crippen LogP contribution in [0.3, 0.4) is 0 Å². The first-order valence-corrected chi connectivity index (χ1v) is 3.86. The lowest BCUT2D eigenvalue weighted by atomic mass is 10.1. The first-order chi connectivity index (χ1) is 6.50. The molecule has 0 atom stereocenters. The molecular formula is C9H9F2NO2. The van der Waals surface area contributed by atoms with Crippen molar-refractivity contribution < 1.29 is 18.3 Å². The molecule has 0 radical (unpaired) electrons. The summed E-state index contributed by atoms with van der Waals surface area (Å²) in [5.74, 6) is -1.11. The van der Waals surface area contributed by atoms with Gasteiger partial charge in [0.15, 0.2) is 0 Å². The molecule has 0 unspecified atom stereocenters. The molecule has 0 amide bonds. The number of ether oxygens (including phenoxy) is 1. The van der Waals surface area contributed by atoms with Gasteiger partial charge in [-0.25, -0.2) is 4.79 Å². The summed E-state index contributed by atoms with van der Waals surface area (Å²) < 4.78 is 27.2. The van der Waals surface area contributed by atoms with E-state index in [1.54, 1.807) is 13.0 Å². The molecule has 0 saturated heterocycles. The zero-order valence-corrected chi connectivity index (χ0v) is 7.46. The second-order valence-corrected chi connectivity index (χ2v) is 2.76. The van der Waals surface area contributed by atoms with E-state index < -0.39 is 12.6 Å². The van der Waals surface area contributed by atoms with Crippen molar-refractivity contribution >= 4 is 11.7 Å². The van der Waals surface area contributed by atoms with Crippen molar-refractivity contribution in [3.8, 4) is 0 Å². The number of anilines is 1. The Morgan fingerprint density at radius 3 is 2.71 bits per heavy atom. The Hall–Kier alpha value is -1.65. The molecule has 0 spiro atoms. The number of hydrogen-bond acceptors (Lipinski definition) is 3. The van der Waals surface area contributed by atoms with Gasteiger partial charge in [0.05, 0.1) is 5.56 Å². The predicted octanol–water partition coefficient (Wildman–Crippen LogP) is 1.96. The monoisotopic (exact) mass is 201 g/mol. The summed E-state index contributed by atoms with van der Waals surface area (Å²) in [6, 6.07) is 4.55. The van der Waals surface area contributed by atoms with Gasteiger partial charge in [0.2, 0.25) is 0 Å². The molecule has 3 nitrogen and oxygen atoms in total. The highest BCUT2D eigenvalue weighted by molar-refractivity contribution is 5.95. The zero-order valence-electron chi connectivity index (χ0n) is 7.46. The normalized spacial score (nSPS) is 10.3. The minimum atomic E-state index is -3.12. The SMILES string of the molecule is Cc1ccc(N)c(C(=O)OC(F)F)c1. The van der Waals surface area contributed by atoms with Gasteiger partial charge in [-0.05, 0) is 19.1 Å². The van der Waals surface area contributed by atoms with Gasteiger partial charge in [0.25, 0.3) is 0 Å². The third-order valence-corrected chi connectivity index (χ3v) is 1.62. The molecule has 5 heteroatoms. The topological polar surface area (TPSA) is 52.3 Å². The van der Waals surface area contributed by atoms with Crippen molar-refractivity contribution in [2.24, 2.45) is 0 Å². The van der Waals surface area contributed by atoms with Gasteiger partial charge < -0.3 is 10.5 Å². The average molecular weight is 201 g/mol. The lowest BCUT2D eigenvalue weighted by Crippen LogP contribution is -2.11. The molecule has 0 heterocycles. The molecule has 0 aliphatic heterocycles. The maximum atomic E-state index is 11.7. The van der Waals surface area contributed by atoms with Crippen molar-refractivity contribution in [2.75, 3.05) is 5.73 Å². The van der Waals surface area contributed by atoms with Crippen molar-refractivity contribution in [3.05, 3.63) is 29.3 Å².